The van der Waals surface area contributed by atoms with Gasteiger partial charge in [0.2, 0.25) is 0 Å². The minimum Gasteiger partial charge on any atom is -0.505 e. The van der Waals surface area contributed by atoms with E-state index in [9.17, 15) is 14.3 Å². The Morgan fingerprint density at radius 3 is 2.66 bits per heavy atom. The number of carbonyl (C=O) groups excluding carboxylic acids is 1. The van der Waals surface area contributed by atoms with Gasteiger partial charge in [0.15, 0.2) is 11.6 Å². The SMILES string of the molecule is CN(C)c1ccc2c(c1)OCC[C@@H]2C(OC(N)=O)C(C)(C)c1ccc(F)c(O)c1. The Morgan fingerprint density at radius 1 is 1.31 bits per heavy atom. The minimum absolute atomic E-state index is 0.176. The lowest BCUT2D eigenvalue weighted by Crippen LogP contribution is -2.44. The fraction of sp³-hybridized carbons (Fsp3) is 0.409. The maximum Gasteiger partial charge on any atom is 0.404 e. The van der Waals surface area contributed by atoms with Gasteiger partial charge < -0.3 is 25.2 Å². The number of benzene rings is 2. The first-order chi connectivity index (χ1) is 13.6. The predicted molar refractivity (Wildman–Crippen MR) is 109 cm³/mol. The number of carbonyl (C=O) groups is 1. The van der Waals surface area contributed by atoms with Crippen LogP contribution in [0.3, 0.4) is 0 Å². The molecular formula is C22H27FN2O4. The van der Waals surface area contributed by atoms with Gasteiger partial charge in [0.05, 0.1) is 6.61 Å². The van der Waals surface area contributed by atoms with Crippen LogP contribution in [0.4, 0.5) is 14.9 Å². The number of ether oxygens (including phenoxy) is 2. The molecule has 7 heteroatoms. The summed E-state index contributed by atoms with van der Waals surface area (Å²) in [5.74, 6) is -0.589. The molecule has 1 aliphatic heterocycles. The lowest BCUT2D eigenvalue weighted by molar-refractivity contribution is 0.0331. The van der Waals surface area contributed by atoms with Crippen LogP contribution in [-0.4, -0.2) is 38.0 Å². The van der Waals surface area contributed by atoms with Gasteiger partial charge in [0, 0.05) is 42.7 Å². The molecular weight excluding hydrogens is 375 g/mol. The zero-order valence-corrected chi connectivity index (χ0v) is 17.1. The van der Waals surface area contributed by atoms with Crippen molar-refractivity contribution in [2.24, 2.45) is 5.73 Å². The number of nitrogens with zero attached hydrogens (tertiary/aromatic N) is 1. The number of phenols is 1. The topological polar surface area (TPSA) is 85.0 Å². The van der Waals surface area contributed by atoms with Crippen molar-refractivity contribution in [3.05, 3.63) is 53.3 Å². The molecule has 2 aromatic rings. The summed E-state index contributed by atoms with van der Waals surface area (Å²) < 4.78 is 25.1. The van der Waals surface area contributed by atoms with Crippen molar-refractivity contribution in [2.45, 2.75) is 37.7 Å². The highest BCUT2D eigenvalue weighted by Crippen LogP contribution is 2.45. The van der Waals surface area contributed by atoms with E-state index >= 15 is 0 Å². The van der Waals surface area contributed by atoms with Crippen molar-refractivity contribution in [2.75, 3.05) is 25.6 Å². The van der Waals surface area contributed by atoms with Gasteiger partial charge in [-0.05, 0) is 30.2 Å². The Bertz CT molecular complexity index is 914. The van der Waals surface area contributed by atoms with Crippen molar-refractivity contribution in [1.29, 1.82) is 0 Å². The smallest absolute Gasteiger partial charge is 0.404 e. The summed E-state index contributed by atoms with van der Waals surface area (Å²) in [4.78, 5) is 13.7. The van der Waals surface area contributed by atoms with Crippen molar-refractivity contribution in [3.8, 4) is 11.5 Å². The van der Waals surface area contributed by atoms with E-state index in [-0.39, 0.29) is 5.92 Å². The lowest BCUT2D eigenvalue weighted by atomic mass is 9.71. The molecule has 1 heterocycles. The molecule has 0 aromatic heterocycles. The summed E-state index contributed by atoms with van der Waals surface area (Å²) in [7, 11) is 3.90. The molecule has 2 atom stereocenters. The molecule has 1 amide bonds. The van der Waals surface area contributed by atoms with Crippen LogP contribution in [0.1, 0.15) is 37.3 Å². The average Bonchev–Trinajstić information content (AvgIpc) is 2.67. The average molecular weight is 402 g/mol. The number of fused-ring (bicyclic) bond motifs is 1. The molecule has 0 saturated carbocycles. The summed E-state index contributed by atoms with van der Waals surface area (Å²) in [6, 6.07) is 10.1. The van der Waals surface area contributed by atoms with Crippen molar-refractivity contribution in [1.82, 2.24) is 0 Å². The zero-order chi connectivity index (χ0) is 21.3. The van der Waals surface area contributed by atoms with Crippen LogP contribution in [0.15, 0.2) is 36.4 Å². The molecule has 6 nitrogen and oxygen atoms in total. The van der Waals surface area contributed by atoms with E-state index in [0.717, 1.165) is 17.0 Å². The highest BCUT2D eigenvalue weighted by atomic mass is 19.1. The van der Waals surface area contributed by atoms with Crippen molar-refractivity contribution in [3.63, 3.8) is 0 Å². The second-order valence-corrected chi connectivity index (χ2v) is 8.11. The van der Waals surface area contributed by atoms with E-state index < -0.39 is 29.2 Å². The molecule has 1 aliphatic rings. The molecule has 3 rings (SSSR count). The van der Waals surface area contributed by atoms with Crippen molar-refractivity contribution >= 4 is 11.8 Å². The molecule has 29 heavy (non-hydrogen) atoms. The first-order valence-corrected chi connectivity index (χ1v) is 9.50. The number of phenolic OH excluding ortho intramolecular Hbond substituents is 1. The molecule has 0 fully saturated rings. The number of rotatable bonds is 5. The number of aromatic hydroxyl groups is 1. The van der Waals surface area contributed by atoms with E-state index in [2.05, 4.69) is 0 Å². The Hall–Kier alpha value is -2.96. The molecule has 1 unspecified atom stereocenters. The quantitative estimate of drug-likeness (QED) is 0.792. The van der Waals surface area contributed by atoms with Crippen molar-refractivity contribution < 1.29 is 23.8 Å². The van der Waals surface area contributed by atoms with Gasteiger partial charge in [-0.15, -0.1) is 0 Å². The Balaban J connectivity index is 2.06. The van der Waals surface area contributed by atoms with Gasteiger partial charge in [0.1, 0.15) is 11.9 Å². The van der Waals surface area contributed by atoms with Crippen LogP contribution in [0.2, 0.25) is 0 Å². The number of halogens is 1. The van der Waals surface area contributed by atoms with Gasteiger partial charge in [-0.25, -0.2) is 9.18 Å². The summed E-state index contributed by atoms with van der Waals surface area (Å²) in [5.41, 5.74) is 7.22. The van der Waals surface area contributed by atoms with E-state index in [4.69, 9.17) is 15.2 Å². The summed E-state index contributed by atoms with van der Waals surface area (Å²) in [6.07, 6.45) is -0.895. The number of hydrogen-bond acceptors (Lipinski definition) is 5. The van der Waals surface area contributed by atoms with Crippen LogP contribution in [0, 0.1) is 5.82 Å². The highest BCUT2D eigenvalue weighted by molar-refractivity contribution is 5.65. The highest BCUT2D eigenvalue weighted by Gasteiger charge is 2.43. The minimum atomic E-state index is -0.882. The molecule has 0 bridgehead atoms. The molecule has 0 aliphatic carbocycles. The lowest BCUT2D eigenvalue weighted by Gasteiger charge is -2.41. The molecule has 0 saturated heterocycles. The van der Waals surface area contributed by atoms with E-state index in [1.54, 1.807) is 6.07 Å². The van der Waals surface area contributed by atoms with E-state index in [0.29, 0.717) is 18.6 Å². The summed E-state index contributed by atoms with van der Waals surface area (Å²) in [5, 5.41) is 9.85. The maximum atomic E-state index is 13.6. The van der Waals surface area contributed by atoms with Crippen LogP contribution in [0.5, 0.6) is 11.5 Å². The standard InChI is InChI=1S/C22H27FN2O4/c1-22(2,13-5-8-17(23)18(26)11-13)20(29-21(24)27)16-9-10-28-19-12-14(25(3)4)6-7-15(16)19/h5-8,11-12,16,20,26H,9-10H2,1-4H3,(H2,24,27)/t16-,20?/m0/s1. The summed E-state index contributed by atoms with van der Waals surface area (Å²) >= 11 is 0. The Morgan fingerprint density at radius 2 is 2.03 bits per heavy atom. The second-order valence-electron chi connectivity index (χ2n) is 8.11. The van der Waals surface area contributed by atoms with Gasteiger partial charge in [-0.3, -0.25) is 0 Å². The third kappa shape index (κ3) is 4.09. The molecule has 156 valence electrons. The normalized spacial score (nSPS) is 17.1. The third-order valence-corrected chi connectivity index (χ3v) is 5.61. The fourth-order valence-corrected chi connectivity index (χ4v) is 3.93. The number of nitrogens with two attached hydrogens (primary N) is 1. The number of hydrogen-bond donors (Lipinski definition) is 2. The van der Waals surface area contributed by atoms with Crippen LogP contribution in [0.25, 0.3) is 0 Å². The Labute approximate surface area is 170 Å². The van der Waals surface area contributed by atoms with E-state index in [1.807, 2.05) is 51.0 Å². The molecule has 2 aromatic carbocycles. The Kier molecular flexibility index (Phi) is 5.59. The van der Waals surface area contributed by atoms with Gasteiger partial charge in [-0.2, -0.15) is 0 Å². The van der Waals surface area contributed by atoms with E-state index in [1.165, 1.54) is 12.1 Å². The maximum absolute atomic E-state index is 13.6. The fourth-order valence-electron chi connectivity index (χ4n) is 3.93. The van der Waals surface area contributed by atoms with Gasteiger partial charge in [0.25, 0.3) is 0 Å². The molecule has 0 radical (unpaired) electrons. The first kappa shape index (κ1) is 20.8. The number of amides is 1. The molecule has 0 spiro atoms. The summed E-state index contributed by atoms with van der Waals surface area (Å²) in [6.45, 7) is 4.24. The van der Waals surface area contributed by atoms with Crippen LogP contribution < -0.4 is 15.4 Å². The first-order valence-electron chi connectivity index (χ1n) is 9.50. The third-order valence-electron chi connectivity index (χ3n) is 5.61. The zero-order valence-electron chi connectivity index (χ0n) is 17.1. The van der Waals surface area contributed by atoms with Gasteiger partial charge >= 0.3 is 6.09 Å². The molecule has 3 N–H and O–H groups in total. The van der Waals surface area contributed by atoms with Crippen LogP contribution >= 0.6 is 0 Å². The number of primary amides is 1. The van der Waals surface area contributed by atoms with Crippen LogP contribution in [-0.2, 0) is 10.2 Å². The second kappa shape index (κ2) is 7.81. The largest absolute Gasteiger partial charge is 0.505 e. The monoisotopic (exact) mass is 402 g/mol. The number of anilines is 1. The predicted octanol–water partition coefficient (Wildman–Crippen LogP) is 3.91. The van der Waals surface area contributed by atoms with Gasteiger partial charge in [-0.1, -0.05) is 26.0 Å².